The molecule has 0 aliphatic heterocycles. The molecule has 1 atom stereocenters. The number of hydrogen-bond donors (Lipinski definition) is 0. The summed E-state index contributed by atoms with van der Waals surface area (Å²) in [7, 11) is 3.29. The van der Waals surface area contributed by atoms with Gasteiger partial charge in [0.05, 0.1) is 7.11 Å². The molecular formula is C17H24N4O2S. The number of carbonyl (C=O) groups is 1. The molecule has 0 fully saturated rings. The molecule has 1 aromatic carbocycles. The van der Waals surface area contributed by atoms with Crippen molar-refractivity contribution in [2.24, 2.45) is 7.05 Å². The number of esters is 1. The van der Waals surface area contributed by atoms with E-state index in [9.17, 15) is 4.79 Å². The molecule has 0 saturated heterocycles. The summed E-state index contributed by atoms with van der Waals surface area (Å²) in [5.74, 6) is 0.508. The van der Waals surface area contributed by atoms with Crippen molar-refractivity contribution in [1.29, 1.82) is 0 Å². The predicted molar refractivity (Wildman–Crippen MR) is 97.3 cm³/mol. The molecule has 2 rings (SSSR count). The van der Waals surface area contributed by atoms with E-state index in [0.717, 1.165) is 24.5 Å². The summed E-state index contributed by atoms with van der Waals surface area (Å²) >= 11 is 1.34. The van der Waals surface area contributed by atoms with Crippen molar-refractivity contribution in [2.45, 2.75) is 31.2 Å². The molecule has 130 valence electrons. The first-order valence-electron chi connectivity index (χ1n) is 8.01. The number of nitrogens with zero attached hydrogens (tertiary/aromatic N) is 4. The van der Waals surface area contributed by atoms with Gasteiger partial charge in [0.2, 0.25) is 0 Å². The molecule has 0 amide bonds. The maximum Gasteiger partial charge on any atom is 0.318 e. The van der Waals surface area contributed by atoms with E-state index < -0.39 is 0 Å². The Balaban J connectivity index is 2.20. The molecule has 6 nitrogen and oxygen atoms in total. The van der Waals surface area contributed by atoms with E-state index >= 15 is 0 Å². The molecule has 0 radical (unpaired) electrons. The van der Waals surface area contributed by atoms with E-state index in [-0.39, 0.29) is 11.2 Å². The second kappa shape index (κ2) is 8.19. The molecule has 0 spiro atoms. The third-order valence-electron chi connectivity index (χ3n) is 3.90. The van der Waals surface area contributed by atoms with Crippen molar-refractivity contribution in [2.75, 3.05) is 25.1 Å². The van der Waals surface area contributed by atoms with Crippen LogP contribution in [0, 0.1) is 0 Å². The molecule has 2 aromatic rings. The van der Waals surface area contributed by atoms with Crippen molar-refractivity contribution in [3.05, 3.63) is 24.3 Å². The first kappa shape index (κ1) is 18.3. The molecule has 7 heteroatoms. The van der Waals surface area contributed by atoms with Gasteiger partial charge in [-0.2, -0.15) is 0 Å². The molecule has 0 aliphatic rings. The van der Waals surface area contributed by atoms with Crippen LogP contribution in [0.25, 0.3) is 11.4 Å². The van der Waals surface area contributed by atoms with Crippen molar-refractivity contribution in [3.63, 3.8) is 0 Å². The number of rotatable bonds is 7. The number of carbonyl (C=O) groups excluding carboxylic acids is 1. The quantitative estimate of drug-likeness (QED) is 0.566. The lowest BCUT2D eigenvalue weighted by Gasteiger charge is -2.21. The second-order valence-corrected chi connectivity index (χ2v) is 6.68. The third-order valence-corrected chi connectivity index (χ3v) is 5.02. The SMILES string of the molecule is CCN(CC)c1ccc(-c2nnc(SC(C)C(=O)OC)n2C)cc1. The van der Waals surface area contributed by atoms with Gasteiger partial charge in [-0.15, -0.1) is 10.2 Å². The molecule has 24 heavy (non-hydrogen) atoms. The van der Waals surface area contributed by atoms with E-state index in [1.165, 1.54) is 24.6 Å². The summed E-state index contributed by atoms with van der Waals surface area (Å²) in [5, 5.41) is 8.83. The lowest BCUT2D eigenvalue weighted by Crippen LogP contribution is -2.21. The Labute approximate surface area is 147 Å². The summed E-state index contributed by atoms with van der Waals surface area (Å²) in [6, 6.07) is 8.30. The minimum atomic E-state index is -0.323. The predicted octanol–water partition coefficient (Wildman–Crippen LogP) is 2.98. The van der Waals surface area contributed by atoms with Crippen LogP contribution in [0.1, 0.15) is 20.8 Å². The van der Waals surface area contributed by atoms with Crippen LogP contribution >= 0.6 is 11.8 Å². The third kappa shape index (κ3) is 3.90. The Hall–Kier alpha value is -2.02. The van der Waals surface area contributed by atoms with Crippen LogP contribution in [0.3, 0.4) is 0 Å². The van der Waals surface area contributed by atoms with Crippen LogP contribution < -0.4 is 4.90 Å². The topological polar surface area (TPSA) is 60.3 Å². The van der Waals surface area contributed by atoms with E-state index in [0.29, 0.717) is 5.16 Å². The van der Waals surface area contributed by atoms with Gasteiger partial charge in [0.15, 0.2) is 11.0 Å². The molecule has 0 saturated carbocycles. The Kier molecular flexibility index (Phi) is 6.25. The fourth-order valence-corrected chi connectivity index (χ4v) is 3.29. The fourth-order valence-electron chi connectivity index (χ4n) is 2.45. The van der Waals surface area contributed by atoms with Crippen molar-refractivity contribution in [1.82, 2.24) is 14.8 Å². The van der Waals surface area contributed by atoms with E-state index in [1.54, 1.807) is 6.92 Å². The van der Waals surface area contributed by atoms with Crippen LogP contribution in [-0.4, -0.2) is 46.2 Å². The highest BCUT2D eigenvalue weighted by Crippen LogP contribution is 2.27. The van der Waals surface area contributed by atoms with Gasteiger partial charge in [0.1, 0.15) is 5.25 Å². The zero-order valence-electron chi connectivity index (χ0n) is 14.8. The minimum Gasteiger partial charge on any atom is -0.468 e. The van der Waals surface area contributed by atoms with Gasteiger partial charge in [0, 0.05) is 31.4 Å². The molecule has 1 aromatic heterocycles. The second-order valence-electron chi connectivity index (χ2n) is 5.37. The largest absolute Gasteiger partial charge is 0.468 e. The molecule has 1 heterocycles. The zero-order chi connectivity index (χ0) is 17.7. The average molecular weight is 348 g/mol. The molecule has 0 N–H and O–H groups in total. The lowest BCUT2D eigenvalue weighted by molar-refractivity contribution is -0.139. The monoisotopic (exact) mass is 348 g/mol. The van der Waals surface area contributed by atoms with Gasteiger partial charge in [-0.25, -0.2) is 0 Å². The maximum absolute atomic E-state index is 11.6. The summed E-state index contributed by atoms with van der Waals surface area (Å²) < 4.78 is 6.65. The number of benzene rings is 1. The summed E-state index contributed by atoms with van der Waals surface area (Å²) in [5.41, 5.74) is 2.19. The van der Waals surface area contributed by atoms with Gasteiger partial charge >= 0.3 is 5.97 Å². The normalized spacial score (nSPS) is 12.0. The zero-order valence-corrected chi connectivity index (χ0v) is 15.6. The van der Waals surface area contributed by atoms with E-state index in [2.05, 4.69) is 53.2 Å². The number of thioether (sulfide) groups is 1. The van der Waals surface area contributed by atoms with Crippen molar-refractivity contribution < 1.29 is 9.53 Å². The first-order chi connectivity index (χ1) is 11.5. The van der Waals surface area contributed by atoms with Crippen LogP contribution in [0.2, 0.25) is 0 Å². The number of aromatic nitrogens is 3. The summed E-state index contributed by atoms with van der Waals surface area (Å²) in [6.45, 7) is 8.04. The average Bonchev–Trinajstić information content (AvgIpc) is 2.96. The van der Waals surface area contributed by atoms with Crippen LogP contribution in [0.5, 0.6) is 0 Å². The molecular weight excluding hydrogens is 324 g/mol. The van der Waals surface area contributed by atoms with Gasteiger partial charge < -0.3 is 14.2 Å². The lowest BCUT2D eigenvalue weighted by atomic mass is 10.2. The molecule has 0 aliphatic carbocycles. The Morgan fingerprint density at radius 2 is 1.88 bits per heavy atom. The van der Waals surface area contributed by atoms with Crippen LogP contribution in [0.4, 0.5) is 5.69 Å². The van der Waals surface area contributed by atoms with E-state index in [1.807, 2.05) is 11.6 Å². The fraction of sp³-hybridized carbons (Fsp3) is 0.471. The number of anilines is 1. The Bertz CT molecular complexity index is 680. The Morgan fingerprint density at radius 1 is 1.25 bits per heavy atom. The van der Waals surface area contributed by atoms with Crippen LogP contribution in [-0.2, 0) is 16.6 Å². The molecule has 0 bridgehead atoms. The molecule has 1 unspecified atom stereocenters. The van der Waals surface area contributed by atoms with E-state index in [4.69, 9.17) is 4.74 Å². The van der Waals surface area contributed by atoms with Crippen molar-refractivity contribution >= 4 is 23.4 Å². The smallest absolute Gasteiger partial charge is 0.318 e. The van der Waals surface area contributed by atoms with Gasteiger partial charge in [-0.3, -0.25) is 4.79 Å². The summed E-state index contributed by atoms with van der Waals surface area (Å²) in [6.07, 6.45) is 0. The van der Waals surface area contributed by atoms with Gasteiger partial charge in [-0.1, -0.05) is 11.8 Å². The summed E-state index contributed by atoms with van der Waals surface area (Å²) in [4.78, 5) is 13.8. The standard InChI is InChI=1S/C17H24N4O2S/c1-6-21(7-2)14-10-8-13(9-11-14)15-18-19-17(20(15)4)24-12(3)16(22)23-5/h8-12H,6-7H2,1-5H3. The van der Waals surface area contributed by atoms with Crippen LogP contribution in [0.15, 0.2) is 29.4 Å². The highest BCUT2D eigenvalue weighted by atomic mass is 32.2. The number of ether oxygens (including phenoxy) is 1. The minimum absolute atomic E-state index is 0.270. The first-order valence-corrected chi connectivity index (χ1v) is 8.89. The highest BCUT2D eigenvalue weighted by molar-refractivity contribution is 8.00. The Morgan fingerprint density at radius 3 is 2.42 bits per heavy atom. The number of hydrogen-bond acceptors (Lipinski definition) is 6. The van der Waals surface area contributed by atoms with Gasteiger partial charge in [0.25, 0.3) is 0 Å². The van der Waals surface area contributed by atoms with Crippen molar-refractivity contribution in [3.8, 4) is 11.4 Å². The highest BCUT2D eigenvalue weighted by Gasteiger charge is 2.19. The maximum atomic E-state index is 11.6. The number of methoxy groups -OCH3 is 1. The van der Waals surface area contributed by atoms with Gasteiger partial charge in [-0.05, 0) is 45.0 Å².